The van der Waals surface area contributed by atoms with Crippen molar-refractivity contribution < 1.29 is 9.32 Å². The van der Waals surface area contributed by atoms with Crippen molar-refractivity contribution in [2.45, 2.75) is 76.7 Å². The third-order valence-corrected chi connectivity index (χ3v) is 5.82. The fourth-order valence-corrected chi connectivity index (χ4v) is 4.45. The molecule has 1 heterocycles. The molecule has 2 aliphatic carbocycles. The number of fused-ring (bicyclic) bond motifs is 1. The molecule has 138 valence electrons. The lowest BCUT2D eigenvalue weighted by molar-refractivity contribution is -0.123. The molecular formula is C21H27N3O2. The van der Waals surface area contributed by atoms with Crippen LogP contribution in [0.4, 0.5) is 0 Å². The van der Waals surface area contributed by atoms with E-state index in [-0.39, 0.29) is 5.91 Å². The Balaban J connectivity index is 1.50. The Labute approximate surface area is 154 Å². The van der Waals surface area contributed by atoms with Crippen LogP contribution in [-0.4, -0.2) is 16.0 Å². The van der Waals surface area contributed by atoms with Crippen LogP contribution in [0.5, 0.6) is 0 Å². The molecule has 0 spiro atoms. The van der Waals surface area contributed by atoms with E-state index in [2.05, 4.69) is 33.7 Å². The summed E-state index contributed by atoms with van der Waals surface area (Å²) in [6, 6.07) is 6.53. The van der Waals surface area contributed by atoms with Crippen molar-refractivity contribution in [1.29, 1.82) is 0 Å². The average Bonchev–Trinajstić information content (AvgIpc) is 3.09. The van der Waals surface area contributed by atoms with Gasteiger partial charge in [-0.05, 0) is 55.2 Å². The average molecular weight is 353 g/mol. The van der Waals surface area contributed by atoms with Crippen LogP contribution < -0.4 is 5.32 Å². The van der Waals surface area contributed by atoms with Gasteiger partial charge in [-0.3, -0.25) is 4.79 Å². The highest BCUT2D eigenvalue weighted by Gasteiger charge is 2.39. The fourth-order valence-electron chi connectivity index (χ4n) is 4.45. The predicted octanol–water partition coefficient (Wildman–Crippen LogP) is 3.78. The molecule has 2 aromatic rings. The molecule has 5 nitrogen and oxygen atoms in total. The number of nitrogens with zero attached hydrogens (tertiary/aromatic N) is 2. The molecule has 1 amide bonds. The molecule has 1 aromatic heterocycles. The molecule has 0 unspecified atom stereocenters. The minimum absolute atomic E-state index is 0.0464. The highest BCUT2D eigenvalue weighted by atomic mass is 16.5. The van der Waals surface area contributed by atoms with Crippen LogP contribution in [0.2, 0.25) is 0 Å². The van der Waals surface area contributed by atoms with Crippen LogP contribution >= 0.6 is 0 Å². The summed E-state index contributed by atoms with van der Waals surface area (Å²) in [5.74, 6) is 1.23. The quantitative estimate of drug-likeness (QED) is 0.908. The van der Waals surface area contributed by atoms with Crippen molar-refractivity contribution in [2.75, 3.05) is 0 Å². The second kappa shape index (κ2) is 7.22. The van der Waals surface area contributed by atoms with Crippen molar-refractivity contribution in [3.8, 4) is 0 Å². The molecule has 0 atom stereocenters. The first kappa shape index (κ1) is 17.3. The summed E-state index contributed by atoms with van der Waals surface area (Å²) in [5, 5.41) is 7.40. The van der Waals surface area contributed by atoms with Crippen LogP contribution in [0, 0.1) is 6.92 Å². The Kier molecular flexibility index (Phi) is 4.79. The van der Waals surface area contributed by atoms with Crippen LogP contribution in [0.3, 0.4) is 0 Å². The van der Waals surface area contributed by atoms with Gasteiger partial charge in [-0.1, -0.05) is 42.6 Å². The maximum Gasteiger partial charge on any atom is 0.225 e. The normalized spacial score (nSPS) is 19.0. The first-order valence-corrected chi connectivity index (χ1v) is 9.87. The molecule has 4 rings (SSSR count). The summed E-state index contributed by atoms with van der Waals surface area (Å²) in [7, 11) is 0. The molecule has 1 saturated carbocycles. The smallest absolute Gasteiger partial charge is 0.225 e. The van der Waals surface area contributed by atoms with Crippen molar-refractivity contribution in [1.82, 2.24) is 15.5 Å². The summed E-state index contributed by atoms with van der Waals surface area (Å²) in [6.45, 7) is 1.79. The van der Waals surface area contributed by atoms with Crippen LogP contribution in [0.15, 0.2) is 22.7 Å². The summed E-state index contributed by atoms with van der Waals surface area (Å²) in [5.41, 5.74) is 3.49. The number of benzene rings is 1. The third-order valence-electron chi connectivity index (χ3n) is 5.82. The molecule has 1 fully saturated rings. The van der Waals surface area contributed by atoms with Crippen molar-refractivity contribution in [2.24, 2.45) is 0 Å². The zero-order valence-electron chi connectivity index (χ0n) is 15.5. The molecule has 0 radical (unpaired) electrons. The van der Waals surface area contributed by atoms with Gasteiger partial charge in [0.25, 0.3) is 0 Å². The van der Waals surface area contributed by atoms with E-state index in [1.807, 2.05) is 0 Å². The highest BCUT2D eigenvalue weighted by Crippen LogP contribution is 2.35. The predicted molar refractivity (Wildman–Crippen MR) is 98.7 cm³/mol. The molecule has 0 saturated heterocycles. The summed E-state index contributed by atoms with van der Waals surface area (Å²) in [6.07, 6.45) is 10.3. The lowest BCUT2D eigenvalue weighted by Gasteiger charge is -2.35. The summed E-state index contributed by atoms with van der Waals surface area (Å²) < 4.78 is 5.19. The first-order valence-electron chi connectivity index (χ1n) is 9.87. The Morgan fingerprint density at radius 3 is 2.62 bits per heavy atom. The monoisotopic (exact) mass is 353 g/mol. The van der Waals surface area contributed by atoms with Crippen LogP contribution in [0.25, 0.3) is 0 Å². The second-order valence-electron chi connectivity index (χ2n) is 7.81. The van der Waals surface area contributed by atoms with Gasteiger partial charge < -0.3 is 9.84 Å². The summed E-state index contributed by atoms with van der Waals surface area (Å²) >= 11 is 0. The van der Waals surface area contributed by atoms with E-state index >= 15 is 0 Å². The van der Waals surface area contributed by atoms with Crippen molar-refractivity contribution in [3.05, 3.63) is 46.6 Å². The Hall–Kier alpha value is -2.17. The van der Waals surface area contributed by atoms with Gasteiger partial charge in [0, 0.05) is 6.92 Å². The number of nitrogens with one attached hydrogen (secondary N) is 1. The van der Waals surface area contributed by atoms with E-state index in [4.69, 9.17) is 4.52 Å². The third kappa shape index (κ3) is 3.53. The van der Waals surface area contributed by atoms with Crippen molar-refractivity contribution in [3.63, 3.8) is 0 Å². The lowest BCUT2D eigenvalue weighted by atomic mass is 9.80. The summed E-state index contributed by atoms with van der Waals surface area (Å²) in [4.78, 5) is 17.3. The maximum absolute atomic E-state index is 12.8. The Morgan fingerprint density at radius 1 is 1.12 bits per heavy atom. The van der Waals surface area contributed by atoms with E-state index in [0.29, 0.717) is 18.1 Å². The zero-order chi connectivity index (χ0) is 18.0. The van der Waals surface area contributed by atoms with Crippen molar-refractivity contribution >= 4 is 5.91 Å². The number of amides is 1. The van der Waals surface area contributed by atoms with E-state index < -0.39 is 5.54 Å². The Bertz CT molecular complexity index is 790. The number of aryl methyl sites for hydroxylation is 3. The zero-order valence-corrected chi connectivity index (χ0v) is 15.5. The lowest BCUT2D eigenvalue weighted by Crippen LogP contribution is -2.48. The van der Waals surface area contributed by atoms with Gasteiger partial charge in [-0.2, -0.15) is 4.98 Å². The standard InChI is InChI=1S/C21H27N3O2/c1-15-22-20(24-26-15)21(11-5-2-6-12-21)23-19(25)14-16-9-10-17-7-3-4-8-18(17)13-16/h9-10,13H,2-8,11-12,14H2,1H3,(H,23,25). The molecule has 0 aliphatic heterocycles. The van der Waals surface area contributed by atoms with E-state index in [0.717, 1.165) is 37.7 Å². The van der Waals surface area contributed by atoms with E-state index in [1.54, 1.807) is 6.92 Å². The van der Waals surface area contributed by atoms with Gasteiger partial charge in [0.1, 0.15) is 5.54 Å². The van der Waals surface area contributed by atoms with E-state index in [9.17, 15) is 4.79 Å². The van der Waals surface area contributed by atoms with Gasteiger partial charge in [0.05, 0.1) is 6.42 Å². The molecule has 2 aliphatic rings. The largest absolute Gasteiger partial charge is 0.343 e. The van der Waals surface area contributed by atoms with Gasteiger partial charge in [0.2, 0.25) is 11.8 Å². The van der Waals surface area contributed by atoms with Crippen LogP contribution in [-0.2, 0) is 29.6 Å². The number of rotatable bonds is 4. The SMILES string of the molecule is Cc1nc(C2(NC(=O)Cc3ccc4c(c3)CCCC4)CCCCC2)no1. The number of carbonyl (C=O) groups excluding carboxylic acids is 1. The van der Waals surface area contributed by atoms with Gasteiger partial charge in [-0.25, -0.2) is 0 Å². The fraction of sp³-hybridized carbons (Fsp3) is 0.571. The van der Waals surface area contributed by atoms with Gasteiger partial charge in [0.15, 0.2) is 5.82 Å². The first-order chi connectivity index (χ1) is 12.6. The number of aromatic nitrogens is 2. The van der Waals surface area contributed by atoms with Gasteiger partial charge >= 0.3 is 0 Å². The molecule has 1 N–H and O–H groups in total. The minimum Gasteiger partial charge on any atom is -0.343 e. The molecule has 26 heavy (non-hydrogen) atoms. The number of hydrogen-bond donors (Lipinski definition) is 1. The molecule has 0 bridgehead atoms. The van der Waals surface area contributed by atoms with Crippen LogP contribution in [0.1, 0.15) is 73.4 Å². The number of carbonyl (C=O) groups is 1. The topological polar surface area (TPSA) is 68.0 Å². The molecular weight excluding hydrogens is 326 g/mol. The maximum atomic E-state index is 12.8. The highest BCUT2D eigenvalue weighted by molar-refractivity contribution is 5.79. The van der Waals surface area contributed by atoms with Gasteiger partial charge in [-0.15, -0.1) is 0 Å². The number of hydrogen-bond acceptors (Lipinski definition) is 4. The molecule has 1 aromatic carbocycles. The minimum atomic E-state index is -0.471. The van der Waals surface area contributed by atoms with E-state index in [1.165, 1.54) is 36.8 Å². The molecule has 5 heteroatoms. The Morgan fingerprint density at radius 2 is 1.88 bits per heavy atom. The second-order valence-corrected chi connectivity index (χ2v) is 7.81.